The van der Waals surface area contributed by atoms with Gasteiger partial charge in [0.25, 0.3) is 0 Å². The summed E-state index contributed by atoms with van der Waals surface area (Å²) in [6, 6.07) is 0.174. The van der Waals surface area contributed by atoms with Gasteiger partial charge in [-0.1, -0.05) is 25.7 Å². The number of hydrogen-bond donors (Lipinski definition) is 1. The summed E-state index contributed by atoms with van der Waals surface area (Å²) in [4.78, 5) is 0. The third-order valence-electron chi connectivity index (χ3n) is 5.38. The van der Waals surface area contributed by atoms with Crippen LogP contribution in [0.3, 0.4) is 0 Å². The summed E-state index contributed by atoms with van der Waals surface area (Å²) in [7, 11) is 0. The van der Waals surface area contributed by atoms with Gasteiger partial charge in [-0.3, -0.25) is 0 Å². The van der Waals surface area contributed by atoms with Crippen LogP contribution >= 0.6 is 0 Å². The number of fused-ring (bicyclic) bond motifs is 1. The van der Waals surface area contributed by atoms with Crippen LogP contribution in [0.5, 0.6) is 0 Å². The molecule has 0 aromatic heterocycles. The van der Waals surface area contributed by atoms with Gasteiger partial charge in [-0.2, -0.15) is 0 Å². The predicted octanol–water partition coefficient (Wildman–Crippen LogP) is 3.61. The fraction of sp³-hybridized carbons (Fsp3) is 0.875. The highest BCUT2D eigenvalue weighted by atomic mass is 16.5. The second-order valence-corrected chi connectivity index (χ2v) is 6.50. The minimum atomic E-state index is 0.174. The van der Waals surface area contributed by atoms with E-state index in [1.165, 1.54) is 44.9 Å². The van der Waals surface area contributed by atoms with Gasteiger partial charge in [0.15, 0.2) is 0 Å². The number of rotatable bonds is 2. The van der Waals surface area contributed by atoms with E-state index in [1.54, 1.807) is 0 Å². The van der Waals surface area contributed by atoms with Gasteiger partial charge in [-0.25, -0.2) is 0 Å². The normalized spacial score (nSPS) is 38.3. The van der Waals surface area contributed by atoms with Gasteiger partial charge in [-0.15, -0.1) is 0 Å². The zero-order valence-corrected chi connectivity index (χ0v) is 11.4. The summed E-state index contributed by atoms with van der Waals surface area (Å²) in [5, 5.41) is 0. The molecule has 0 aromatic rings. The van der Waals surface area contributed by atoms with E-state index in [2.05, 4.69) is 6.08 Å². The van der Waals surface area contributed by atoms with Crippen molar-refractivity contribution in [3.8, 4) is 0 Å². The van der Waals surface area contributed by atoms with E-state index in [0.29, 0.717) is 5.92 Å². The SMILES string of the molecule is NC(C1=CCCCO1)C1CCC2CCCCC2C1. The lowest BCUT2D eigenvalue weighted by Crippen LogP contribution is -2.39. The Bertz CT molecular complexity index is 312. The molecule has 0 saturated heterocycles. The standard InChI is InChI=1S/C16H27NO/c17-16(15-7-3-4-10-18-15)14-9-8-12-5-1-2-6-13(12)11-14/h7,12-14,16H,1-6,8-11,17H2. The molecule has 2 nitrogen and oxygen atoms in total. The maximum Gasteiger partial charge on any atom is 0.109 e. The zero-order chi connectivity index (χ0) is 12.4. The molecule has 1 heterocycles. The molecule has 4 atom stereocenters. The van der Waals surface area contributed by atoms with E-state index in [4.69, 9.17) is 10.5 Å². The van der Waals surface area contributed by atoms with Crippen LogP contribution < -0.4 is 5.73 Å². The third kappa shape index (κ3) is 2.59. The monoisotopic (exact) mass is 249 g/mol. The second-order valence-electron chi connectivity index (χ2n) is 6.50. The van der Waals surface area contributed by atoms with Gasteiger partial charge in [0, 0.05) is 0 Å². The van der Waals surface area contributed by atoms with Crippen molar-refractivity contribution in [2.24, 2.45) is 23.5 Å². The zero-order valence-electron chi connectivity index (χ0n) is 11.4. The van der Waals surface area contributed by atoms with E-state index >= 15 is 0 Å². The summed E-state index contributed by atoms with van der Waals surface area (Å²) in [6.45, 7) is 0.873. The Morgan fingerprint density at radius 2 is 1.89 bits per heavy atom. The molecule has 4 unspecified atom stereocenters. The topological polar surface area (TPSA) is 35.2 Å². The summed E-state index contributed by atoms with van der Waals surface area (Å²) in [5.41, 5.74) is 6.45. The maximum absolute atomic E-state index is 6.45. The molecule has 2 fully saturated rings. The van der Waals surface area contributed by atoms with Gasteiger partial charge >= 0.3 is 0 Å². The Morgan fingerprint density at radius 3 is 2.67 bits per heavy atom. The number of hydrogen-bond acceptors (Lipinski definition) is 2. The van der Waals surface area contributed by atoms with Crippen molar-refractivity contribution in [2.45, 2.75) is 63.8 Å². The molecule has 3 rings (SSSR count). The van der Waals surface area contributed by atoms with Crippen molar-refractivity contribution in [3.63, 3.8) is 0 Å². The molecule has 102 valence electrons. The van der Waals surface area contributed by atoms with Crippen molar-refractivity contribution in [1.29, 1.82) is 0 Å². The maximum atomic E-state index is 6.45. The second kappa shape index (κ2) is 5.64. The van der Waals surface area contributed by atoms with Gasteiger partial charge in [0.05, 0.1) is 12.6 Å². The minimum absolute atomic E-state index is 0.174. The summed E-state index contributed by atoms with van der Waals surface area (Å²) in [6.07, 6.45) is 14.5. The van der Waals surface area contributed by atoms with E-state index < -0.39 is 0 Å². The number of ether oxygens (including phenoxy) is 1. The van der Waals surface area contributed by atoms with Crippen molar-refractivity contribution in [1.82, 2.24) is 0 Å². The van der Waals surface area contributed by atoms with E-state index in [1.807, 2.05) is 0 Å². The quantitative estimate of drug-likeness (QED) is 0.811. The van der Waals surface area contributed by atoms with Crippen molar-refractivity contribution in [3.05, 3.63) is 11.8 Å². The highest BCUT2D eigenvalue weighted by Crippen LogP contribution is 2.44. The molecule has 0 radical (unpaired) electrons. The van der Waals surface area contributed by atoms with Crippen LogP contribution in [0, 0.1) is 17.8 Å². The first kappa shape index (κ1) is 12.5. The Hall–Kier alpha value is -0.500. The van der Waals surface area contributed by atoms with Crippen LogP contribution in [0.4, 0.5) is 0 Å². The van der Waals surface area contributed by atoms with Crippen molar-refractivity contribution in [2.75, 3.05) is 6.61 Å². The van der Waals surface area contributed by atoms with Crippen molar-refractivity contribution < 1.29 is 4.74 Å². The van der Waals surface area contributed by atoms with E-state index in [9.17, 15) is 0 Å². The highest BCUT2D eigenvalue weighted by molar-refractivity contribution is 5.07. The van der Waals surface area contributed by atoms with Gasteiger partial charge < -0.3 is 10.5 Å². The number of nitrogens with two attached hydrogens (primary N) is 1. The molecular formula is C16H27NO. The lowest BCUT2D eigenvalue weighted by molar-refractivity contribution is 0.0983. The summed E-state index contributed by atoms with van der Waals surface area (Å²) in [5.74, 6) is 3.76. The fourth-order valence-electron chi connectivity index (χ4n) is 4.28. The molecule has 2 N–H and O–H groups in total. The Morgan fingerprint density at radius 1 is 1.06 bits per heavy atom. The third-order valence-corrected chi connectivity index (χ3v) is 5.38. The van der Waals surface area contributed by atoms with Crippen LogP contribution in [0.1, 0.15) is 57.8 Å². The predicted molar refractivity (Wildman–Crippen MR) is 74.0 cm³/mol. The molecule has 2 heteroatoms. The van der Waals surface area contributed by atoms with Crippen LogP contribution in [-0.4, -0.2) is 12.6 Å². The molecule has 2 saturated carbocycles. The van der Waals surface area contributed by atoms with Crippen molar-refractivity contribution >= 4 is 0 Å². The first-order valence-electron chi connectivity index (χ1n) is 7.93. The van der Waals surface area contributed by atoms with Crippen LogP contribution in [0.2, 0.25) is 0 Å². The van der Waals surface area contributed by atoms with E-state index in [-0.39, 0.29) is 6.04 Å². The molecular weight excluding hydrogens is 222 g/mol. The first-order chi connectivity index (χ1) is 8.84. The molecule has 1 aliphatic heterocycles. The Kier molecular flexibility index (Phi) is 3.93. The Balaban J connectivity index is 1.61. The lowest BCUT2D eigenvalue weighted by atomic mass is 9.66. The fourth-order valence-corrected chi connectivity index (χ4v) is 4.28. The smallest absolute Gasteiger partial charge is 0.109 e. The molecule has 3 aliphatic rings. The summed E-state index contributed by atoms with van der Waals surface area (Å²) < 4.78 is 5.77. The molecule has 0 bridgehead atoms. The van der Waals surface area contributed by atoms with Crippen LogP contribution in [0.25, 0.3) is 0 Å². The average Bonchev–Trinajstić information content (AvgIpc) is 2.47. The van der Waals surface area contributed by atoms with Gasteiger partial charge in [-0.05, 0) is 55.9 Å². The summed E-state index contributed by atoms with van der Waals surface area (Å²) >= 11 is 0. The Labute approximate surface area is 111 Å². The largest absolute Gasteiger partial charge is 0.497 e. The van der Waals surface area contributed by atoms with E-state index in [0.717, 1.165) is 37.0 Å². The molecule has 0 amide bonds. The van der Waals surface area contributed by atoms with Gasteiger partial charge in [0.1, 0.15) is 5.76 Å². The number of allylic oxidation sites excluding steroid dienone is 1. The average molecular weight is 249 g/mol. The molecule has 18 heavy (non-hydrogen) atoms. The van der Waals surface area contributed by atoms with Gasteiger partial charge in [0.2, 0.25) is 0 Å². The molecule has 0 spiro atoms. The highest BCUT2D eigenvalue weighted by Gasteiger charge is 2.35. The molecule has 2 aliphatic carbocycles. The lowest BCUT2D eigenvalue weighted by Gasteiger charge is -2.41. The molecule has 0 aromatic carbocycles. The first-order valence-corrected chi connectivity index (χ1v) is 7.93. The minimum Gasteiger partial charge on any atom is -0.497 e. The van der Waals surface area contributed by atoms with Crippen LogP contribution in [0.15, 0.2) is 11.8 Å². The van der Waals surface area contributed by atoms with Crippen LogP contribution in [-0.2, 0) is 4.74 Å².